The molecule has 1 fully saturated rings. The molecule has 0 N–H and O–H groups in total. The molecule has 1 rings (SSSR count). The lowest BCUT2D eigenvalue weighted by Gasteiger charge is -2.21. The van der Waals surface area contributed by atoms with Gasteiger partial charge in [-0.05, 0) is 60.5 Å². The first kappa shape index (κ1) is 29.8. The molecule has 7 heteroatoms. The highest BCUT2D eigenvalue weighted by Gasteiger charge is 2.17. The zero-order valence-corrected chi connectivity index (χ0v) is 19.5. The fraction of sp³-hybridized carbons (Fsp3) is 0.609. The van der Waals surface area contributed by atoms with Crippen LogP contribution in [0.3, 0.4) is 0 Å². The summed E-state index contributed by atoms with van der Waals surface area (Å²) in [6.07, 6.45) is 5.87. The third-order valence-corrected chi connectivity index (χ3v) is 3.83. The van der Waals surface area contributed by atoms with E-state index in [0.29, 0.717) is 23.3 Å². The Hall–Kier alpha value is -2.41. The summed E-state index contributed by atoms with van der Waals surface area (Å²) >= 11 is 0. The molecule has 172 valence electrons. The van der Waals surface area contributed by atoms with Gasteiger partial charge in [0.25, 0.3) is 0 Å². The lowest BCUT2D eigenvalue weighted by molar-refractivity contribution is -0.145. The van der Waals surface area contributed by atoms with Gasteiger partial charge in [0.05, 0.1) is 7.11 Å². The minimum absolute atomic E-state index is 0.156. The van der Waals surface area contributed by atoms with E-state index in [1.807, 2.05) is 19.0 Å². The highest BCUT2D eigenvalue weighted by Crippen LogP contribution is 2.20. The van der Waals surface area contributed by atoms with Crippen molar-refractivity contribution in [2.24, 2.45) is 0 Å². The van der Waals surface area contributed by atoms with Crippen molar-refractivity contribution in [3.05, 3.63) is 36.5 Å². The van der Waals surface area contributed by atoms with Crippen LogP contribution in [0, 0.1) is 0 Å². The second-order valence-electron chi connectivity index (χ2n) is 7.44. The number of hydrogen-bond acceptors (Lipinski definition) is 7. The summed E-state index contributed by atoms with van der Waals surface area (Å²) in [4.78, 5) is 34.0. The highest BCUT2D eigenvalue weighted by atomic mass is 16.5. The molecule has 0 saturated heterocycles. The topological polar surface area (TPSA) is 82.1 Å². The van der Waals surface area contributed by atoms with E-state index in [0.717, 1.165) is 19.4 Å². The van der Waals surface area contributed by atoms with E-state index in [-0.39, 0.29) is 24.0 Å². The van der Waals surface area contributed by atoms with Crippen LogP contribution in [0.1, 0.15) is 52.9 Å². The van der Waals surface area contributed by atoms with Gasteiger partial charge >= 0.3 is 17.9 Å². The third-order valence-electron chi connectivity index (χ3n) is 3.83. The SMILES string of the molecule is C=C(C)C(=O)OC.C=C(C)C(=O)OC1CCCCC1.C=C(C)C(=O)OCCN(C)C. The van der Waals surface area contributed by atoms with Gasteiger partial charge in [0.1, 0.15) is 12.7 Å². The van der Waals surface area contributed by atoms with Crippen molar-refractivity contribution in [2.45, 2.75) is 59.0 Å². The molecule has 0 aromatic rings. The Labute approximate surface area is 181 Å². The van der Waals surface area contributed by atoms with Gasteiger partial charge in [-0.2, -0.15) is 0 Å². The molecule has 0 amide bonds. The summed E-state index contributed by atoms with van der Waals surface area (Å²) in [6.45, 7) is 16.5. The molecule has 0 spiro atoms. The van der Waals surface area contributed by atoms with Crippen LogP contribution in [0.15, 0.2) is 36.5 Å². The summed E-state index contributed by atoms with van der Waals surface area (Å²) in [7, 11) is 5.18. The summed E-state index contributed by atoms with van der Waals surface area (Å²) in [5.41, 5.74) is 1.38. The van der Waals surface area contributed by atoms with E-state index in [1.165, 1.54) is 26.4 Å². The van der Waals surface area contributed by atoms with Crippen LogP contribution in [0.25, 0.3) is 0 Å². The molecule has 0 atom stereocenters. The van der Waals surface area contributed by atoms with Crippen LogP contribution in [0.4, 0.5) is 0 Å². The molecular formula is C23H39NO6. The van der Waals surface area contributed by atoms with Gasteiger partial charge in [-0.1, -0.05) is 26.2 Å². The fourth-order valence-electron chi connectivity index (χ4n) is 2.05. The number of rotatable bonds is 7. The molecule has 7 nitrogen and oxygen atoms in total. The minimum atomic E-state index is -0.347. The first-order chi connectivity index (χ1) is 13.9. The van der Waals surface area contributed by atoms with Crippen LogP contribution >= 0.6 is 0 Å². The van der Waals surface area contributed by atoms with Gasteiger partial charge in [0.2, 0.25) is 0 Å². The lowest BCUT2D eigenvalue weighted by Crippen LogP contribution is -2.20. The number of likely N-dealkylation sites (N-methyl/N-ethyl adjacent to an activating group) is 1. The van der Waals surface area contributed by atoms with E-state index in [4.69, 9.17) is 9.47 Å². The maximum absolute atomic E-state index is 11.1. The van der Waals surface area contributed by atoms with Crippen LogP contribution < -0.4 is 0 Å². The van der Waals surface area contributed by atoms with Crippen LogP contribution in [0.2, 0.25) is 0 Å². The molecule has 0 unspecified atom stereocenters. The Balaban J connectivity index is 0. The molecule has 0 bridgehead atoms. The molecule has 1 aliphatic carbocycles. The smallest absolute Gasteiger partial charge is 0.333 e. The number of carbonyl (C=O) groups excluding carboxylic acids is 3. The summed E-state index contributed by atoms with van der Waals surface area (Å²) in [5.74, 6) is -0.895. The predicted molar refractivity (Wildman–Crippen MR) is 119 cm³/mol. The zero-order valence-electron chi connectivity index (χ0n) is 19.5. The van der Waals surface area contributed by atoms with Crippen molar-refractivity contribution in [2.75, 3.05) is 34.4 Å². The number of esters is 3. The van der Waals surface area contributed by atoms with Gasteiger partial charge in [-0.3, -0.25) is 0 Å². The number of carbonyl (C=O) groups is 3. The largest absolute Gasteiger partial charge is 0.466 e. The van der Waals surface area contributed by atoms with E-state index in [9.17, 15) is 14.4 Å². The number of ether oxygens (including phenoxy) is 3. The number of hydrogen-bond donors (Lipinski definition) is 0. The normalized spacial score (nSPS) is 12.9. The van der Waals surface area contributed by atoms with Crippen molar-refractivity contribution >= 4 is 17.9 Å². The molecule has 30 heavy (non-hydrogen) atoms. The van der Waals surface area contributed by atoms with E-state index in [1.54, 1.807) is 20.8 Å². The van der Waals surface area contributed by atoms with Crippen molar-refractivity contribution < 1.29 is 28.6 Å². The van der Waals surface area contributed by atoms with E-state index < -0.39 is 0 Å². The zero-order chi connectivity index (χ0) is 23.7. The molecule has 0 radical (unpaired) electrons. The maximum atomic E-state index is 11.1. The van der Waals surface area contributed by atoms with Gasteiger partial charge in [-0.25, -0.2) is 14.4 Å². The number of methoxy groups -OCH3 is 1. The standard InChI is InChI=1S/C10H16O2.C8H15NO2.C5H8O2/c1-8(2)10(11)12-9-6-4-3-5-7-9;1-7(2)8(10)11-6-5-9(3)4;1-4(2)5(6)7-3/h9H,1,3-7H2,2H3;1,5-6H2,2-4H3;1H2,2-3H3. The monoisotopic (exact) mass is 425 g/mol. The average molecular weight is 426 g/mol. The average Bonchev–Trinajstić information content (AvgIpc) is 2.68. The predicted octanol–water partition coefficient (Wildman–Crippen LogP) is 3.84. The van der Waals surface area contributed by atoms with Crippen LogP contribution in [0.5, 0.6) is 0 Å². The Morgan fingerprint density at radius 2 is 1.30 bits per heavy atom. The van der Waals surface area contributed by atoms with Gasteiger partial charge in [0, 0.05) is 23.3 Å². The van der Waals surface area contributed by atoms with Crippen LogP contribution in [-0.4, -0.2) is 63.3 Å². The maximum Gasteiger partial charge on any atom is 0.333 e. The van der Waals surface area contributed by atoms with Gasteiger partial charge in [0.15, 0.2) is 0 Å². The molecule has 0 aromatic heterocycles. The molecule has 0 heterocycles. The van der Waals surface area contributed by atoms with E-state index in [2.05, 4.69) is 24.5 Å². The molecule has 1 saturated carbocycles. The Kier molecular flexibility index (Phi) is 17.3. The van der Waals surface area contributed by atoms with Crippen molar-refractivity contribution in [3.8, 4) is 0 Å². The quantitative estimate of drug-likeness (QED) is 0.348. The van der Waals surface area contributed by atoms with Crippen molar-refractivity contribution in [3.63, 3.8) is 0 Å². The summed E-state index contributed by atoms with van der Waals surface area (Å²) < 4.78 is 14.3. The lowest BCUT2D eigenvalue weighted by atomic mass is 9.98. The summed E-state index contributed by atoms with van der Waals surface area (Å²) in [6, 6.07) is 0. The van der Waals surface area contributed by atoms with Crippen molar-refractivity contribution in [1.82, 2.24) is 4.90 Å². The van der Waals surface area contributed by atoms with Gasteiger partial charge in [-0.15, -0.1) is 0 Å². The molecule has 0 aromatic carbocycles. The molecule has 1 aliphatic rings. The second-order valence-corrected chi connectivity index (χ2v) is 7.44. The first-order valence-electron chi connectivity index (χ1n) is 10.00. The fourth-order valence-corrected chi connectivity index (χ4v) is 2.05. The highest BCUT2D eigenvalue weighted by molar-refractivity contribution is 5.87. The van der Waals surface area contributed by atoms with Crippen LogP contribution in [-0.2, 0) is 28.6 Å². The second kappa shape index (κ2) is 17.4. The van der Waals surface area contributed by atoms with Gasteiger partial charge < -0.3 is 19.1 Å². The minimum Gasteiger partial charge on any atom is -0.466 e. The summed E-state index contributed by atoms with van der Waals surface area (Å²) in [5, 5.41) is 0. The Morgan fingerprint density at radius 1 is 0.833 bits per heavy atom. The molecule has 0 aliphatic heterocycles. The van der Waals surface area contributed by atoms with Crippen molar-refractivity contribution in [1.29, 1.82) is 0 Å². The Morgan fingerprint density at radius 3 is 1.63 bits per heavy atom. The van der Waals surface area contributed by atoms with E-state index >= 15 is 0 Å². The third kappa shape index (κ3) is 17.7. The first-order valence-corrected chi connectivity index (χ1v) is 10.00. The number of nitrogens with zero attached hydrogens (tertiary/aromatic N) is 1. The Bertz CT molecular complexity index is 589. The molecular weight excluding hydrogens is 386 g/mol.